The molecule has 0 saturated heterocycles. The van der Waals surface area contributed by atoms with Crippen LogP contribution >= 0.6 is 27.7 Å². The lowest BCUT2D eigenvalue weighted by Gasteiger charge is -2.30. The number of hydrogen-bond donors (Lipinski definition) is 0. The zero-order valence-corrected chi connectivity index (χ0v) is 28.8. The van der Waals surface area contributed by atoms with Crippen molar-refractivity contribution in [2.45, 2.75) is 15.9 Å². The van der Waals surface area contributed by atoms with Gasteiger partial charge in [-0.3, -0.25) is 0 Å². The van der Waals surface area contributed by atoms with Crippen LogP contribution in [0.3, 0.4) is 0 Å². The summed E-state index contributed by atoms with van der Waals surface area (Å²) < 4.78 is 18.1. The van der Waals surface area contributed by atoms with Crippen LogP contribution in [0.15, 0.2) is 117 Å². The van der Waals surface area contributed by atoms with Crippen molar-refractivity contribution in [3.63, 3.8) is 0 Å². The van der Waals surface area contributed by atoms with Crippen molar-refractivity contribution in [3.05, 3.63) is 119 Å². The number of ether oxygens (including phenoxy) is 3. The largest absolute Gasteiger partial charge is 0.446 e. The van der Waals surface area contributed by atoms with E-state index in [2.05, 4.69) is 83.5 Å². The van der Waals surface area contributed by atoms with Gasteiger partial charge in [0.15, 0.2) is 0 Å². The van der Waals surface area contributed by atoms with Crippen LogP contribution in [-0.2, 0) is 14.2 Å². The summed E-state index contributed by atoms with van der Waals surface area (Å²) in [6.45, 7) is 3.73. The topological polar surface area (TPSA) is 54.5 Å². The molecule has 0 aromatic heterocycles. The lowest BCUT2D eigenvalue weighted by molar-refractivity contribution is 0.0687. The van der Waals surface area contributed by atoms with Crippen LogP contribution in [-0.4, -0.2) is 83.6 Å². The van der Waals surface area contributed by atoms with Gasteiger partial charge in [0.05, 0.1) is 31.2 Å². The van der Waals surface area contributed by atoms with Crippen LogP contribution < -0.4 is 4.90 Å². The highest BCUT2D eigenvalue weighted by molar-refractivity contribution is 9.10. The standard InChI is InChI=1S/C19H22N2O3S.C17H20BrNO/c1-20(2)11-12-23-13-14-24-19(22)21-15-7-3-5-9-17(15)25-18-10-6-4-8-16(18)21;1-19(2)12-13-20-17(14-6-4-3-5-7-14)15-8-10-16(18)11-9-15/h3-10H,11-14H2,1-2H3;3-11,17H,12-13H2,1-2H3. The monoisotopic (exact) mass is 691 g/mol. The number of fused-ring (bicyclic) bond motifs is 2. The summed E-state index contributed by atoms with van der Waals surface area (Å²) in [5.41, 5.74) is 4.07. The van der Waals surface area contributed by atoms with Crippen molar-refractivity contribution in [1.29, 1.82) is 0 Å². The maximum atomic E-state index is 12.7. The molecule has 0 fully saturated rings. The highest BCUT2D eigenvalue weighted by atomic mass is 79.9. The molecule has 7 nitrogen and oxygen atoms in total. The molecule has 9 heteroatoms. The van der Waals surface area contributed by atoms with Gasteiger partial charge in [-0.25, -0.2) is 9.69 Å². The molecule has 1 aliphatic rings. The van der Waals surface area contributed by atoms with Gasteiger partial charge in [-0.05, 0) is 75.7 Å². The fourth-order valence-corrected chi connectivity index (χ4v) is 5.83. The van der Waals surface area contributed by atoms with Gasteiger partial charge in [0.2, 0.25) is 0 Å². The Morgan fingerprint density at radius 2 is 1.22 bits per heavy atom. The number of anilines is 2. The number of carbonyl (C=O) groups is 1. The van der Waals surface area contributed by atoms with Crippen LogP contribution in [0.5, 0.6) is 0 Å². The number of nitrogens with zero attached hydrogens (tertiary/aromatic N) is 3. The van der Waals surface area contributed by atoms with Gasteiger partial charge >= 0.3 is 6.09 Å². The number of para-hydroxylation sites is 2. The van der Waals surface area contributed by atoms with E-state index in [0.717, 1.165) is 38.7 Å². The van der Waals surface area contributed by atoms with Crippen molar-refractivity contribution >= 4 is 45.2 Å². The van der Waals surface area contributed by atoms with Crippen molar-refractivity contribution in [2.75, 3.05) is 72.6 Å². The van der Waals surface area contributed by atoms with Gasteiger partial charge in [-0.1, -0.05) is 94.4 Å². The SMILES string of the molecule is CN(C)CCOC(c1ccccc1)c1ccc(Br)cc1.CN(C)CCOCCOC(=O)N1c2ccccc2Sc2ccccc21. The molecule has 0 N–H and O–H groups in total. The molecule has 0 saturated carbocycles. The molecule has 0 bridgehead atoms. The molecular weight excluding hydrogens is 650 g/mol. The maximum Gasteiger partial charge on any atom is 0.419 e. The number of amides is 1. The molecule has 4 aromatic rings. The molecule has 1 amide bonds. The quantitative estimate of drug-likeness (QED) is 0.139. The third-order valence-corrected chi connectivity index (χ3v) is 8.51. The summed E-state index contributed by atoms with van der Waals surface area (Å²) in [4.78, 5) is 20.6. The summed E-state index contributed by atoms with van der Waals surface area (Å²) in [6.07, 6.45) is -0.388. The number of likely N-dealkylation sites (N-methyl/N-ethyl adjacent to an activating group) is 2. The first-order valence-corrected chi connectivity index (χ1v) is 16.6. The van der Waals surface area contributed by atoms with Crippen LogP contribution in [0.2, 0.25) is 0 Å². The minimum atomic E-state index is -0.378. The second-order valence-corrected chi connectivity index (χ2v) is 12.9. The van der Waals surface area contributed by atoms with E-state index in [-0.39, 0.29) is 18.8 Å². The molecule has 238 valence electrons. The lowest BCUT2D eigenvalue weighted by Crippen LogP contribution is -2.30. The van der Waals surface area contributed by atoms with E-state index in [0.29, 0.717) is 19.8 Å². The van der Waals surface area contributed by atoms with E-state index in [1.54, 1.807) is 16.7 Å². The number of halogens is 1. The summed E-state index contributed by atoms with van der Waals surface area (Å²) in [5, 5.41) is 0. The zero-order chi connectivity index (χ0) is 32.0. The van der Waals surface area contributed by atoms with Crippen LogP contribution in [0, 0.1) is 0 Å². The average Bonchev–Trinajstić information content (AvgIpc) is 3.04. The summed E-state index contributed by atoms with van der Waals surface area (Å²) in [6, 6.07) is 34.4. The van der Waals surface area contributed by atoms with Crippen LogP contribution in [0.1, 0.15) is 17.2 Å². The van der Waals surface area contributed by atoms with Gasteiger partial charge in [-0.15, -0.1) is 0 Å². The fourth-order valence-electron chi connectivity index (χ4n) is 4.51. The Balaban J connectivity index is 0.000000210. The molecule has 0 radical (unpaired) electrons. The van der Waals surface area contributed by atoms with Crippen LogP contribution in [0.4, 0.5) is 16.2 Å². The van der Waals surface area contributed by atoms with Gasteiger partial charge in [-0.2, -0.15) is 0 Å². The van der Waals surface area contributed by atoms with E-state index in [1.165, 1.54) is 11.1 Å². The zero-order valence-electron chi connectivity index (χ0n) is 26.4. The lowest BCUT2D eigenvalue weighted by atomic mass is 10.0. The average molecular weight is 693 g/mol. The first-order chi connectivity index (χ1) is 21.8. The molecule has 0 spiro atoms. The van der Waals surface area contributed by atoms with E-state index < -0.39 is 0 Å². The smallest absolute Gasteiger partial charge is 0.419 e. The molecule has 5 rings (SSSR count). The van der Waals surface area contributed by atoms with Crippen molar-refractivity contribution in [3.8, 4) is 0 Å². The Labute approximate surface area is 280 Å². The second-order valence-electron chi connectivity index (χ2n) is 10.9. The number of rotatable bonds is 12. The van der Waals surface area contributed by atoms with Crippen LogP contribution in [0.25, 0.3) is 0 Å². The Bertz CT molecular complexity index is 1430. The van der Waals surface area contributed by atoms with E-state index in [4.69, 9.17) is 14.2 Å². The van der Waals surface area contributed by atoms with Crippen molar-refractivity contribution in [2.24, 2.45) is 0 Å². The van der Waals surface area contributed by atoms with Crippen molar-refractivity contribution in [1.82, 2.24) is 9.80 Å². The number of carbonyl (C=O) groups excluding carboxylic acids is 1. The van der Waals surface area contributed by atoms with Gasteiger partial charge in [0.25, 0.3) is 0 Å². The molecule has 0 aliphatic carbocycles. The number of hydrogen-bond acceptors (Lipinski definition) is 7. The first-order valence-electron chi connectivity index (χ1n) is 15.0. The first kappa shape index (κ1) is 34.7. The summed E-state index contributed by atoms with van der Waals surface area (Å²) in [7, 11) is 8.10. The summed E-state index contributed by atoms with van der Waals surface area (Å²) in [5.74, 6) is 0. The Kier molecular flexibility index (Phi) is 13.9. The Morgan fingerprint density at radius 3 is 1.82 bits per heavy atom. The molecule has 1 atom stereocenters. The normalized spacial score (nSPS) is 12.6. The Morgan fingerprint density at radius 1 is 0.689 bits per heavy atom. The number of benzene rings is 4. The second kappa shape index (κ2) is 18.1. The fraction of sp³-hybridized carbons (Fsp3) is 0.306. The highest BCUT2D eigenvalue weighted by Gasteiger charge is 2.28. The molecule has 1 heterocycles. The van der Waals surface area contributed by atoms with Gasteiger partial charge in [0, 0.05) is 27.4 Å². The van der Waals surface area contributed by atoms with Crippen molar-refractivity contribution < 1.29 is 19.0 Å². The molecule has 45 heavy (non-hydrogen) atoms. The Hall–Kier alpha value is -3.18. The molecule has 1 unspecified atom stereocenters. The van der Waals surface area contributed by atoms with Gasteiger partial charge in [0.1, 0.15) is 12.7 Å². The minimum absolute atomic E-state index is 0.00995. The molecule has 4 aromatic carbocycles. The third-order valence-electron chi connectivity index (χ3n) is 6.85. The predicted molar refractivity (Wildman–Crippen MR) is 187 cm³/mol. The third kappa shape index (κ3) is 10.7. The van der Waals surface area contributed by atoms with E-state index in [1.807, 2.05) is 73.6 Å². The minimum Gasteiger partial charge on any atom is -0.446 e. The highest BCUT2D eigenvalue weighted by Crippen LogP contribution is 2.48. The predicted octanol–water partition coefficient (Wildman–Crippen LogP) is 8.12. The molecule has 1 aliphatic heterocycles. The maximum absolute atomic E-state index is 12.7. The van der Waals surface area contributed by atoms with E-state index in [9.17, 15) is 4.79 Å². The molecular formula is C36H42BrN3O4S. The summed E-state index contributed by atoms with van der Waals surface area (Å²) >= 11 is 5.14. The van der Waals surface area contributed by atoms with E-state index >= 15 is 0 Å². The van der Waals surface area contributed by atoms with Gasteiger partial charge < -0.3 is 24.0 Å².